The third kappa shape index (κ3) is 3.86. The maximum atomic E-state index is 12.7. The molecule has 4 atom stereocenters. The Bertz CT molecular complexity index is 821. The fourth-order valence-corrected chi connectivity index (χ4v) is 6.40. The molecule has 3 heterocycles. The largest absolute Gasteiger partial charge is 0.336 e. The molecule has 0 N–H and O–H groups in total. The zero-order valence-electron chi connectivity index (χ0n) is 17.0. The van der Waals surface area contributed by atoms with Crippen LogP contribution in [0, 0.1) is 11.8 Å². The van der Waals surface area contributed by atoms with Gasteiger partial charge >= 0.3 is 0 Å². The minimum absolute atomic E-state index is 0.381. The summed E-state index contributed by atoms with van der Waals surface area (Å²) >= 11 is 0. The molecule has 5 nitrogen and oxygen atoms in total. The molecule has 1 aromatic rings. The number of carbonyl (C=O) groups excluding carboxylic acids is 1. The summed E-state index contributed by atoms with van der Waals surface area (Å²) in [5, 5.41) is 0. The summed E-state index contributed by atoms with van der Waals surface area (Å²) in [4.78, 5) is 17.9. The molecule has 6 heteroatoms. The second kappa shape index (κ2) is 7.79. The molecular weight excluding hydrogens is 372 g/mol. The Morgan fingerprint density at radius 1 is 1.11 bits per heavy atom. The van der Waals surface area contributed by atoms with Crippen LogP contribution in [0.25, 0.3) is 0 Å². The summed E-state index contributed by atoms with van der Waals surface area (Å²) in [6.07, 6.45) is 7.65. The Morgan fingerprint density at radius 2 is 1.82 bits per heavy atom. The van der Waals surface area contributed by atoms with Crippen LogP contribution < -0.4 is 0 Å². The lowest BCUT2D eigenvalue weighted by molar-refractivity contribution is -0.153. The summed E-state index contributed by atoms with van der Waals surface area (Å²) in [6.45, 7) is 5.15. The molecule has 3 aliphatic rings. The molecule has 0 saturated carbocycles. The lowest BCUT2D eigenvalue weighted by Gasteiger charge is -2.57. The number of rotatable bonds is 5. The van der Waals surface area contributed by atoms with E-state index in [4.69, 9.17) is 0 Å². The van der Waals surface area contributed by atoms with E-state index in [-0.39, 0.29) is 0 Å². The van der Waals surface area contributed by atoms with Gasteiger partial charge in [-0.15, -0.1) is 0 Å². The Labute approximate surface area is 169 Å². The molecule has 0 aromatic heterocycles. The fourth-order valence-electron chi connectivity index (χ4n) is 5.77. The molecule has 1 amide bonds. The molecule has 4 rings (SSSR count). The number of hydrogen-bond acceptors (Lipinski definition) is 4. The summed E-state index contributed by atoms with van der Waals surface area (Å²) in [6, 6.07) is 8.15. The average molecular weight is 405 g/mol. The van der Waals surface area contributed by atoms with Crippen molar-refractivity contribution in [2.24, 2.45) is 11.8 Å². The monoisotopic (exact) mass is 404 g/mol. The molecule has 154 valence electrons. The summed E-state index contributed by atoms with van der Waals surface area (Å²) in [7, 11) is -3.15. The van der Waals surface area contributed by atoms with Gasteiger partial charge in [-0.2, -0.15) is 0 Å². The van der Waals surface area contributed by atoms with Crippen LogP contribution in [0.15, 0.2) is 29.2 Å². The van der Waals surface area contributed by atoms with Crippen molar-refractivity contribution < 1.29 is 13.2 Å². The maximum absolute atomic E-state index is 12.7. The third-order valence-corrected chi connectivity index (χ3v) is 8.04. The predicted octanol–water partition coefficient (Wildman–Crippen LogP) is 3.09. The first-order valence-electron chi connectivity index (χ1n) is 10.7. The van der Waals surface area contributed by atoms with E-state index >= 15 is 0 Å². The first-order chi connectivity index (χ1) is 13.4. The lowest BCUT2D eigenvalue weighted by Crippen LogP contribution is -2.64. The Balaban J connectivity index is 1.51. The van der Waals surface area contributed by atoms with Gasteiger partial charge in [-0.05, 0) is 55.2 Å². The highest BCUT2D eigenvalue weighted by Crippen LogP contribution is 2.43. The number of likely N-dealkylation sites (tertiary alicyclic amines) is 1. The Hall–Kier alpha value is -1.40. The van der Waals surface area contributed by atoms with Crippen LogP contribution in [-0.4, -0.2) is 55.6 Å². The van der Waals surface area contributed by atoms with Crippen molar-refractivity contribution in [1.29, 1.82) is 0 Å². The normalized spacial score (nSPS) is 30.9. The van der Waals surface area contributed by atoms with Gasteiger partial charge in [0.15, 0.2) is 9.84 Å². The molecule has 0 unspecified atom stereocenters. The SMILES string of the molecule is CCC[C@H]1[C@H]2C[C@H](CN(Cc3ccc(S(C)(=O)=O)cc3)C2)[C@@H]2CCCC(=O)N21. The van der Waals surface area contributed by atoms with Gasteiger partial charge < -0.3 is 4.90 Å². The number of amides is 1. The third-order valence-electron chi connectivity index (χ3n) is 6.91. The minimum Gasteiger partial charge on any atom is -0.336 e. The van der Waals surface area contributed by atoms with Gasteiger partial charge in [-0.3, -0.25) is 9.69 Å². The lowest BCUT2D eigenvalue weighted by atomic mass is 9.71. The van der Waals surface area contributed by atoms with E-state index in [1.807, 2.05) is 12.1 Å². The fraction of sp³-hybridized carbons (Fsp3) is 0.682. The molecule has 0 radical (unpaired) electrons. The van der Waals surface area contributed by atoms with Gasteiger partial charge in [0.05, 0.1) is 4.90 Å². The van der Waals surface area contributed by atoms with Crippen molar-refractivity contribution in [3.05, 3.63) is 29.8 Å². The van der Waals surface area contributed by atoms with E-state index in [1.54, 1.807) is 12.1 Å². The molecule has 28 heavy (non-hydrogen) atoms. The molecule has 0 spiro atoms. The number of fused-ring (bicyclic) bond motifs is 4. The van der Waals surface area contributed by atoms with Crippen LogP contribution in [0.3, 0.4) is 0 Å². The van der Waals surface area contributed by atoms with Crippen molar-refractivity contribution in [2.45, 2.75) is 69.0 Å². The van der Waals surface area contributed by atoms with E-state index in [0.29, 0.717) is 34.7 Å². The number of hydrogen-bond donors (Lipinski definition) is 0. The van der Waals surface area contributed by atoms with Gasteiger partial charge in [0.1, 0.15) is 0 Å². The second-order valence-corrected chi connectivity index (χ2v) is 11.0. The minimum atomic E-state index is -3.15. The number of carbonyl (C=O) groups is 1. The van der Waals surface area contributed by atoms with E-state index < -0.39 is 9.84 Å². The van der Waals surface area contributed by atoms with Crippen molar-refractivity contribution in [1.82, 2.24) is 9.80 Å². The molecule has 3 saturated heterocycles. The highest BCUT2D eigenvalue weighted by atomic mass is 32.2. The van der Waals surface area contributed by atoms with Gasteiger partial charge in [0.25, 0.3) is 0 Å². The first-order valence-corrected chi connectivity index (χ1v) is 12.6. The van der Waals surface area contributed by atoms with E-state index in [9.17, 15) is 13.2 Å². The zero-order valence-corrected chi connectivity index (χ0v) is 17.8. The quantitative estimate of drug-likeness (QED) is 0.757. The first kappa shape index (κ1) is 19.9. The molecule has 2 bridgehead atoms. The summed E-state index contributed by atoms with van der Waals surface area (Å²) in [5.74, 6) is 1.52. The molecule has 0 aliphatic carbocycles. The molecule has 3 fully saturated rings. The molecule has 1 aromatic carbocycles. The molecule has 3 aliphatic heterocycles. The average Bonchev–Trinajstić information content (AvgIpc) is 2.65. The van der Waals surface area contributed by atoms with Crippen molar-refractivity contribution in [3.8, 4) is 0 Å². The molecular formula is C22H32N2O3S. The van der Waals surface area contributed by atoms with Crippen LogP contribution in [-0.2, 0) is 21.2 Å². The summed E-state index contributed by atoms with van der Waals surface area (Å²) < 4.78 is 23.4. The van der Waals surface area contributed by atoms with Gasteiger partial charge in [0, 0.05) is 44.4 Å². The van der Waals surface area contributed by atoms with Crippen LogP contribution in [0.1, 0.15) is 51.0 Å². The maximum Gasteiger partial charge on any atom is 0.223 e. The van der Waals surface area contributed by atoms with Gasteiger partial charge in [0.2, 0.25) is 5.91 Å². The Kier molecular flexibility index (Phi) is 5.53. The van der Waals surface area contributed by atoms with E-state index in [2.05, 4.69) is 16.7 Å². The van der Waals surface area contributed by atoms with E-state index in [1.165, 1.54) is 12.7 Å². The number of benzene rings is 1. The summed E-state index contributed by atoms with van der Waals surface area (Å²) in [5.41, 5.74) is 1.16. The van der Waals surface area contributed by atoms with Crippen LogP contribution in [0.4, 0.5) is 0 Å². The number of piperidine rings is 3. The van der Waals surface area contributed by atoms with Crippen molar-refractivity contribution in [2.75, 3.05) is 19.3 Å². The standard InChI is InChI=1S/C22H32N2O3S/c1-3-5-20-17-12-18(21-6-4-7-22(25)24(20)21)15-23(14-17)13-16-8-10-19(11-9-16)28(2,26)27/h8-11,17-18,20-21H,3-7,12-15H2,1-2H3/t17-,18+,20-,21-/m0/s1. The number of sulfone groups is 1. The van der Waals surface area contributed by atoms with Crippen LogP contribution in [0.2, 0.25) is 0 Å². The zero-order chi connectivity index (χ0) is 19.9. The predicted molar refractivity (Wildman–Crippen MR) is 110 cm³/mol. The highest BCUT2D eigenvalue weighted by Gasteiger charge is 2.48. The van der Waals surface area contributed by atoms with Crippen molar-refractivity contribution in [3.63, 3.8) is 0 Å². The van der Waals surface area contributed by atoms with Crippen LogP contribution >= 0.6 is 0 Å². The van der Waals surface area contributed by atoms with Gasteiger partial charge in [-0.25, -0.2) is 8.42 Å². The topological polar surface area (TPSA) is 57.7 Å². The van der Waals surface area contributed by atoms with E-state index in [0.717, 1.165) is 57.3 Å². The van der Waals surface area contributed by atoms with Crippen molar-refractivity contribution >= 4 is 15.7 Å². The highest BCUT2D eigenvalue weighted by molar-refractivity contribution is 7.90. The van der Waals surface area contributed by atoms with Crippen LogP contribution in [0.5, 0.6) is 0 Å². The van der Waals surface area contributed by atoms with Gasteiger partial charge in [-0.1, -0.05) is 25.5 Å². The Morgan fingerprint density at radius 3 is 2.50 bits per heavy atom. The number of nitrogens with zero attached hydrogens (tertiary/aromatic N) is 2. The second-order valence-electron chi connectivity index (χ2n) is 8.98. The smallest absolute Gasteiger partial charge is 0.223 e.